The molecule has 1 heterocycles. The third-order valence-corrected chi connectivity index (χ3v) is 2.52. The van der Waals surface area contributed by atoms with Gasteiger partial charge in [0.2, 0.25) is 0 Å². The lowest BCUT2D eigenvalue weighted by Crippen LogP contribution is -1.98. The van der Waals surface area contributed by atoms with Gasteiger partial charge in [-0.15, -0.1) is 0 Å². The normalized spacial score (nSPS) is 10.1. The molecular weight excluding hydrogens is 247 g/mol. The highest BCUT2D eigenvalue weighted by Crippen LogP contribution is 2.31. The van der Waals surface area contributed by atoms with Gasteiger partial charge in [0.05, 0.1) is 28.1 Å². The van der Waals surface area contributed by atoms with E-state index in [1.807, 2.05) is 0 Å². The van der Waals surface area contributed by atoms with E-state index in [1.54, 1.807) is 18.2 Å². The smallest absolute Gasteiger partial charge is 0.149 e. The number of halogens is 2. The van der Waals surface area contributed by atoms with E-state index in [-0.39, 0.29) is 0 Å². The molecule has 0 radical (unpaired) electrons. The molecule has 3 N–H and O–H groups in total. The lowest BCUT2D eigenvalue weighted by Gasteiger charge is -2.08. The minimum atomic E-state index is 0.357. The van der Waals surface area contributed by atoms with E-state index in [4.69, 9.17) is 28.9 Å². The summed E-state index contributed by atoms with van der Waals surface area (Å²) in [5.74, 6) is 0.889. The molecule has 6 heteroatoms. The van der Waals surface area contributed by atoms with Crippen LogP contribution in [0, 0.1) is 0 Å². The molecule has 0 fully saturated rings. The van der Waals surface area contributed by atoms with Gasteiger partial charge in [-0.05, 0) is 12.1 Å². The van der Waals surface area contributed by atoms with Crippen LogP contribution in [0.2, 0.25) is 10.0 Å². The lowest BCUT2D eigenvalue weighted by molar-refractivity contribution is 1.21. The fraction of sp³-hybridized carbons (Fsp3) is 0. The maximum Gasteiger partial charge on any atom is 0.149 e. The summed E-state index contributed by atoms with van der Waals surface area (Å²) in [6, 6.07) is 5.24. The van der Waals surface area contributed by atoms with Gasteiger partial charge >= 0.3 is 0 Å². The van der Waals surface area contributed by atoms with Crippen molar-refractivity contribution in [3.63, 3.8) is 0 Å². The number of nitrogens with zero attached hydrogens (tertiary/aromatic N) is 2. The predicted octanol–water partition coefficient (Wildman–Crippen LogP) is 3.11. The summed E-state index contributed by atoms with van der Waals surface area (Å²) in [5.41, 5.74) is 6.03. The van der Waals surface area contributed by atoms with Crippen LogP contribution in [-0.4, -0.2) is 9.97 Å². The van der Waals surface area contributed by atoms with E-state index in [9.17, 15) is 0 Å². The third-order valence-electron chi connectivity index (χ3n) is 1.89. The highest BCUT2D eigenvalue weighted by atomic mass is 35.5. The fourth-order valence-corrected chi connectivity index (χ4v) is 1.64. The van der Waals surface area contributed by atoms with Crippen molar-refractivity contribution in [1.82, 2.24) is 9.97 Å². The van der Waals surface area contributed by atoms with Crippen LogP contribution in [0.5, 0.6) is 0 Å². The summed E-state index contributed by atoms with van der Waals surface area (Å²) >= 11 is 12.0. The second-order valence-corrected chi connectivity index (χ2v) is 3.86. The molecule has 16 heavy (non-hydrogen) atoms. The van der Waals surface area contributed by atoms with Gasteiger partial charge in [0, 0.05) is 0 Å². The maximum atomic E-state index is 5.99. The molecule has 0 aliphatic rings. The zero-order valence-corrected chi connectivity index (χ0v) is 9.63. The molecule has 2 aromatic rings. The standard InChI is InChI=1S/C10H8Cl2N4/c11-6-2-1-3-7(12)10(6)16-9-5-14-8(13)4-15-9/h1-5H,(H2,13,14)(H,15,16). The van der Waals surface area contributed by atoms with E-state index < -0.39 is 0 Å². The van der Waals surface area contributed by atoms with Crippen LogP contribution in [0.4, 0.5) is 17.3 Å². The Morgan fingerprint density at radius 3 is 2.31 bits per heavy atom. The van der Waals surface area contributed by atoms with Gasteiger partial charge in [0.1, 0.15) is 11.6 Å². The van der Waals surface area contributed by atoms with Crippen LogP contribution in [0.1, 0.15) is 0 Å². The molecule has 0 atom stereocenters. The van der Waals surface area contributed by atoms with Gasteiger partial charge in [0.25, 0.3) is 0 Å². The Morgan fingerprint density at radius 2 is 1.75 bits per heavy atom. The van der Waals surface area contributed by atoms with Crippen LogP contribution in [0.3, 0.4) is 0 Å². The average molecular weight is 255 g/mol. The first-order valence-electron chi connectivity index (χ1n) is 4.45. The monoisotopic (exact) mass is 254 g/mol. The Bertz CT molecular complexity index is 478. The van der Waals surface area contributed by atoms with Crippen molar-refractivity contribution < 1.29 is 0 Å². The Morgan fingerprint density at radius 1 is 1.06 bits per heavy atom. The summed E-state index contributed by atoms with van der Waals surface area (Å²) < 4.78 is 0. The largest absolute Gasteiger partial charge is 0.382 e. The van der Waals surface area contributed by atoms with E-state index in [1.165, 1.54) is 12.4 Å². The molecule has 0 unspecified atom stereocenters. The summed E-state index contributed by atoms with van der Waals surface area (Å²) in [4.78, 5) is 7.94. The molecule has 82 valence electrons. The Labute approximate surface area is 102 Å². The molecule has 0 bridgehead atoms. The molecule has 0 saturated carbocycles. The number of nitrogen functional groups attached to an aromatic ring is 1. The van der Waals surface area contributed by atoms with Gasteiger partial charge in [-0.3, -0.25) is 0 Å². The maximum absolute atomic E-state index is 5.99. The molecule has 2 rings (SSSR count). The number of nitrogens with two attached hydrogens (primary N) is 1. The van der Waals surface area contributed by atoms with Crippen LogP contribution < -0.4 is 11.1 Å². The number of nitrogens with one attached hydrogen (secondary N) is 1. The van der Waals surface area contributed by atoms with E-state index in [0.717, 1.165) is 0 Å². The fourth-order valence-electron chi connectivity index (χ4n) is 1.15. The molecule has 0 aliphatic heterocycles. The Kier molecular flexibility index (Phi) is 3.12. The molecule has 1 aromatic heterocycles. The third kappa shape index (κ3) is 2.35. The topological polar surface area (TPSA) is 63.8 Å². The molecule has 4 nitrogen and oxygen atoms in total. The number of benzene rings is 1. The van der Waals surface area contributed by atoms with Crippen molar-refractivity contribution in [2.75, 3.05) is 11.1 Å². The van der Waals surface area contributed by atoms with Crippen molar-refractivity contribution in [3.8, 4) is 0 Å². The SMILES string of the molecule is Nc1cnc(Nc2c(Cl)cccc2Cl)cn1. The Hall–Kier alpha value is -1.52. The highest BCUT2D eigenvalue weighted by molar-refractivity contribution is 6.39. The van der Waals surface area contributed by atoms with Crippen LogP contribution in [-0.2, 0) is 0 Å². The van der Waals surface area contributed by atoms with E-state index in [2.05, 4.69) is 15.3 Å². The van der Waals surface area contributed by atoms with Crippen molar-refractivity contribution in [3.05, 3.63) is 40.6 Å². The molecule has 0 aliphatic carbocycles. The van der Waals surface area contributed by atoms with Crippen molar-refractivity contribution in [1.29, 1.82) is 0 Å². The number of anilines is 3. The quantitative estimate of drug-likeness (QED) is 0.865. The zero-order chi connectivity index (χ0) is 11.5. The van der Waals surface area contributed by atoms with Crippen molar-refractivity contribution in [2.24, 2.45) is 0 Å². The van der Waals surface area contributed by atoms with Crippen LogP contribution in [0.15, 0.2) is 30.6 Å². The minimum Gasteiger partial charge on any atom is -0.382 e. The number of para-hydroxylation sites is 1. The predicted molar refractivity (Wildman–Crippen MR) is 66.2 cm³/mol. The molecule has 0 spiro atoms. The molecule has 0 saturated heterocycles. The van der Waals surface area contributed by atoms with Crippen molar-refractivity contribution in [2.45, 2.75) is 0 Å². The zero-order valence-electron chi connectivity index (χ0n) is 8.11. The molecule has 0 amide bonds. The van der Waals surface area contributed by atoms with Gasteiger partial charge in [-0.25, -0.2) is 9.97 Å². The van der Waals surface area contributed by atoms with Gasteiger partial charge in [-0.2, -0.15) is 0 Å². The molecular formula is C10H8Cl2N4. The molecule has 1 aromatic carbocycles. The first kappa shape index (κ1) is 11.0. The van der Waals surface area contributed by atoms with E-state index in [0.29, 0.717) is 27.4 Å². The number of aromatic nitrogens is 2. The second kappa shape index (κ2) is 4.55. The lowest BCUT2D eigenvalue weighted by atomic mass is 10.3. The summed E-state index contributed by atoms with van der Waals surface area (Å²) in [6.45, 7) is 0. The minimum absolute atomic E-state index is 0.357. The first-order chi connectivity index (χ1) is 7.66. The van der Waals surface area contributed by atoms with Crippen LogP contribution in [0.25, 0.3) is 0 Å². The van der Waals surface area contributed by atoms with Gasteiger partial charge in [-0.1, -0.05) is 29.3 Å². The van der Waals surface area contributed by atoms with Crippen LogP contribution >= 0.6 is 23.2 Å². The Balaban J connectivity index is 2.30. The van der Waals surface area contributed by atoms with Gasteiger partial charge in [0.15, 0.2) is 0 Å². The highest BCUT2D eigenvalue weighted by Gasteiger charge is 2.05. The number of hydrogen-bond donors (Lipinski definition) is 2. The number of rotatable bonds is 2. The summed E-state index contributed by atoms with van der Waals surface area (Å²) in [7, 11) is 0. The summed E-state index contributed by atoms with van der Waals surface area (Å²) in [5, 5.41) is 4.01. The van der Waals surface area contributed by atoms with Crippen molar-refractivity contribution >= 4 is 40.5 Å². The summed E-state index contributed by atoms with van der Waals surface area (Å²) in [6.07, 6.45) is 2.96. The average Bonchev–Trinajstić information content (AvgIpc) is 2.26. The van der Waals surface area contributed by atoms with Gasteiger partial charge < -0.3 is 11.1 Å². The first-order valence-corrected chi connectivity index (χ1v) is 5.21. The van der Waals surface area contributed by atoms with E-state index >= 15 is 0 Å². The second-order valence-electron chi connectivity index (χ2n) is 3.05. The number of hydrogen-bond acceptors (Lipinski definition) is 4.